The first kappa shape index (κ1) is 10.7. The van der Waals surface area contributed by atoms with Crippen molar-refractivity contribution in [3.05, 3.63) is 17.5 Å². The van der Waals surface area contributed by atoms with Gasteiger partial charge in [0, 0.05) is 12.7 Å². The summed E-state index contributed by atoms with van der Waals surface area (Å²) in [6.07, 6.45) is 0.922. The van der Waals surface area contributed by atoms with Gasteiger partial charge in [0.05, 0.1) is 0 Å². The van der Waals surface area contributed by atoms with Crippen molar-refractivity contribution in [3.8, 4) is 6.07 Å². The van der Waals surface area contributed by atoms with Crippen LogP contribution in [0.25, 0.3) is 0 Å². The van der Waals surface area contributed by atoms with Crippen molar-refractivity contribution in [2.45, 2.75) is 27.2 Å². The highest BCUT2D eigenvalue weighted by atomic mass is 15.3. The molecule has 0 bridgehead atoms. The van der Waals surface area contributed by atoms with Gasteiger partial charge in [-0.05, 0) is 12.5 Å². The smallest absolute Gasteiger partial charge is 0.162 e. The third-order valence-corrected chi connectivity index (χ3v) is 1.45. The fraction of sp³-hybridized carbons (Fsp3) is 0.556. The van der Waals surface area contributed by atoms with E-state index in [9.17, 15) is 0 Å². The van der Waals surface area contributed by atoms with Crippen LogP contribution in [0.3, 0.4) is 0 Å². The molecule has 0 spiro atoms. The summed E-state index contributed by atoms with van der Waals surface area (Å²) in [5.41, 5.74) is 1.59. The van der Waals surface area contributed by atoms with Crippen molar-refractivity contribution in [2.24, 2.45) is 7.05 Å². The van der Waals surface area contributed by atoms with Crippen LogP contribution >= 0.6 is 0 Å². The van der Waals surface area contributed by atoms with E-state index in [0.717, 1.165) is 12.1 Å². The zero-order valence-electron chi connectivity index (χ0n) is 8.13. The summed E-state index contributed by atoms with van der Waals surface area (Å²) in [7, 11) is 1.85. The van der Waals surface area contributed by atoms with Crippen molar-refractivity contribution >= 4 is 0 Å². The second kappa shape index (κ2) is 5.36. The van der Waals surface area contributed by atoms with Gasteiger partial charge in [-0.1, -0.05) is 20.8 Å². The fourth-order valence-corrected chi connectivity index (χ4v) is 0.891. The number of aromatic nitrogens is 2. The third kappa shape index (κ3) is 2.39. The average molecular weight is 165 g/mol. The largest absolute Gasteiger partial charge is 0.271 e. The van der Waals surface area contributed by atoms with Gasteiger partial charge in [-0.15, -0.1) is 0 Å². The molecule has 0 N–H and O–H groups in total. The molecule has 66 valence electrons. The van der Waals surface area contributed by atoms with Crippen LogP contribution in [0.5, 0.6) is 0 Å². The van der Waals surface area contributed by atoms with Crippen LogP contribution in [-0.4, -0.2) is 9.78 Å². The normalized spacial score (nSPS) is 8.25. The molecule has 0 aliphatic rings. The molecule has 1 heterocycles. The molecule has 0 saturated heterocycles. The van der Waals surface area contributed by atoms with Crippen LogP contribution in [0.2, 0.25) is 0 Å². The lowest BCUT2D eigenvalue weighted by molar-refractivity contribution is 0.715. The Morgan fingerprint density at radius 2 is 2.17 bits per heavy atom. The number of hydrogen-bond acceptors (Lipinski definition) is 2. The molecular formula is C9H15N3. The van der Waals surface area contributed by atoms with Gasteiger partial charge in [0.15, 0.2) is 5.69 Å². The quantitative estimate of drug-likeness (QED) is 0.637. The van der Waals surface area contributed by atoms with E-state index in [0.29, 0.717) is 5.69 Å². The number of nitrogens with zero attached hydrogens (tertiary/aromatic N) is 3. The Morgan fingerprint density at radius 1 is 1.58 bits per heavy atom. The van der Waals surface area contributed by atoms with E-state index in [1.807, 2.05) is 33.9 Å². The van der Waals surface area contributed by atoms with Gasteiger partial charge in [0.2, 0.25) is 0 Å². The molecule has 0 fully saturated rings. The summed E-state index contributed by atoms with van der Waals surface area (Å²) < 4.78 is 1.73. The van der Waals surface area contributed by atoms with Gasteiger partial charge < -0.3 is 0 Å². The van der Waals surface area contributed by atoms with Crippen LogP contribution in [-0.2, 0) is 13.5 Å². The van der Waals surface area contributed by atoms with Gasteiger partial charge in [0.25, 0.3) is 0 Å². The van der Waals surface area contributed by atoms with Crippen molar-refractivity contribution in [1.29, 1.82) is 5.26 Å². The van der Waals surface area contributed by atoms with Crippen LogP contribution < -0.4 is 0 Å². The SMILES string of the molecule is CC.CCc1cc(C#N)nn1C. The minimum atomic E-state index is 0.499. The minimum Gasteiger partial charge on any atom is -0.271 e. The van der Waals surface area contributed by atoms with Gasteiger partial charge in [-0.2, -0.15) is 10.4 Å². The molecule has 0 unspecified atom stereocenters. The molecule has 1 rings (SSSR count). The Morgan fingerprint density at radius 3 is 2.42 bits per heavy atom. The highest BCUT2D eigenvalue weighted by Gasteiger charge is 1.99. The number of hydrogen-bond donors (Lipinski definition) is 0. The lowest BCUT2D eigenvalue weighted by Gasteiger charge is -1.92. The topological polar surface area (TPSA) is 41.6 Å². The maximum absolute atomic E-state index is 8.45. The summed E-state index contributed by atoms with van der Waals surface area (Å²) in [6.45, 7) is 6.04. The minimum absolute atomic E-state index is 0.499. The zero-order valence-corrected chi connectivity index (χ0v) is 8.13. The molecule has 1 aromatic rings. The lowest BCUT2D eigenvalue weighted by atomic mass is 10.3. The molecule has 1 aromatic heterocycles. The Kier molecular flexibility index (Phi) is 4.78. The molecular weight excluding hydrogens is 150 g/mol. The summed E-state index contributed by atoms with van der Waals surface area (Å²) in [6, 6.07) is 3.80. The van der Waals surface area contributed by atoms with E-state index in [1.54, 1.807) is 10.7 Å². The fourth-order valence-electron chi connectivity index (χ4n) is 0.891. The molecule has 0 aliphatic carbocycles. The van der Waals surface area contributed by atoms with E-state index >= 15 is 0 Å². The molecule has 3 nitrogen and oxygen atoms in total. The molecule has 0 radical (unpaired) electrons. The van der Waals surface area contributed by atoms with E-state index in [1.165, 1.54) is 0 Å². The molecule has 3 heteroatoms. The Labute approximate surface area is 73.6 Å². The predicted molar refractivity (Wildman–Crippen MR) is 48.6 cm³/mol. The van der Waals surface area contributed by atoms with Gasteiger partial charge >= 0.3 is 0 Å². The van der Waals surface area contributed by atoms with E-state index in [4.69, 9.17) is 5.26 Å². The predicted octanol–water partition coefficient (Wildman–Crippen LogP) is 1.88. The standard InChI is InChI=1S/C7H9N3.C2H6/c1-3-7-4-6(5-8)9-10(7)2;1-2/h4H,3H2,1-2H3;1-2H3. The first-order valence-electron chi connectivity index (χ1n) is 4.21. The maximum atomic E-state index is 8.45. The first-order chi connectivity index (χ1) is 5.77. The molecule has 0 aromatic carbocycles. The lowest BCUT2D eigenvalue weighted by Crippen LogP contribution is -1.95. The third-order valence-electron chi connectivity index (χ3n) is 1.45. The highest BCUT2D eigenvalue weighted by Crippen LogP contribution is 2.01. The Balaban J connectivity index is 0.000000561. The monoisotopic (exact) mass is 165 g/mol. The molecule has 0 saturated carbocycles. The first-order valence-corrected chi connectivity index (χ1v) is 4.21. The van der Waals surface area contributed by atoms with Crippen molar-refractivity contribution < 1.29 is 0 Å². The van der Waals surface area contributed by atoms with Crippen LogP contribution in [0.1, 0.15) is 32.2 Å². The van der Waals surface area contributed by atoms with Crippen LogP contribution in [0.4, 0.5) is 0 Å². The zero-order chi connectivity index (χ0) is 9.56. The number of rotatable bonds is 1. The van der Waals surface area contributed by atoms with Crippen molar-refractivity contribution in [1.82, 2.24) is 9.78 Å². The Hall–Kier alpha value is -1.30. The summed E-state index contributed by atoms with van der Waals surface area (Å²) >= 11 is 0. The van der Waals surface area contributed by atoms with Gasteiger partial charge in [0.1, 0.15) is 6.07 Å². The van der Waals surface area contributed by atoms with Crippen LogP contribution in [0, 0.1) is 11.3 Å². The second-order valence-electron chi connectivity index (χ2n) is 2.11. The molecule has 0 amide bonds. The molecule has 0 aliphatic heterocycles. The summed E-state index contributed by atoms with van der Waals surface area (Å²) in [5.74, 6) is 0. The van der Waals surface area contributed by atoms with E-state index in [-0.39, 0.29) is 0 Å². The second-order valence-corrected chi connectivity index (χ2v) is 2.11. The molecule has 12 heavy (non-hydrogen) atoms. The summed E-state index contributed by atoms with van der Waals surface area (Å²) in [4.78, 5) is 0. The molecule has 0 atom stereocenters. The van der Waals surface area contributed by atoms with Crippen molar-refractivity contribution in [3.63, 3.8) is 0 Å². The van der Waals surface area contributed by atoms with Crippen LogP contribution in [0.15, 0.2) is 6.07 Å². The maximum Gasteiger partial charge on any atom is 0.162 e. The Bertz CT molecular complexity index is 268. The van der Waals surface area contributed by atoms with E-state index in [2.05, 4.69) is 5.10 Å². The van der Waals surface area contributed by atoms with E-state index < -0.39 is 0 Å². The summed E-state index contributed by atoms with van der Waals surface area (Å²) in [5, 5.41) is 12.4. The highest BCUT2D eigenvalue weighted by molar-refractivity contribution is 5.22. The van der Waals surface area contributed by atoms with Crippen molar-refractivity contribution in [2.75, 3.05) is 0 Å². The number of aryl methyl sites for hydroxylation is 2. The van der Waals surface area contributed by atoms with Gasteiger partial charge in [-0.25, -0.2) is 0 Å². The average Bonchev–Trinajstić information content (AvgIpc) is 2.49. The van der Waals surface area contributed by atoms with Gasteiger partial charge in [-0.3, -0.25) is 4.68 Å². The number of nitriles is 1.